The lowest BCUT2D eigenvalue weighted by atomic mass is 9.85. The molecule has 1 aromatic carbocycles. The lowest BCUT2D eigenvalue weighted by Crippen LogP contribution is -2.22. The number of carbonyl (C=O) groups excluding carboxylic acids is 1. The smallest absolute Gasteiger partial charge is 0.167 e. The molecule has 1 unspecified atom stereocenters. The summed E-state index contributed by atoms with van der Waals surface area (Å²) in [5, 5.41) is 4.65. The predicted molar refractivity (Wildman–Crippen MR) is 97.2 cm³/mol. The van der Waals surface area contributed by atoms with Crippen molar-refractivity contribution in [1.82, 2.24) is 14.6 Å². The van der Waals surface area contributed by atoms with E-state index in [1.54, 1.807) is 29.1 Å². The fourth-order valence-corrected chi connectivity index (χ4v) is 3.88. The van der Waals surface area contributed by atoms with Crippen molar-refractivity contribution in [2.24, 2.45) is 0 Å². The molecule has 27 heavy (non-hydrogen) atoms. The van der Waals surface area contributed by atoms with Gasteiger partial charge in [0.15, 0.2) is 11.4 Å². The van der Waals surface area contributed by atoms with Crippen molar-refractivity contribution in [3.05, 3.63) is 77.4 Å². The molecule has 0 spiro atoms. The summed E-state index contributed by atoms with van der Waals surface area (Å²) in [5.41, 5.74) is 4.61. The summed E-state index contributed by atoms with van der Waals surface area (Å²) in [5.74, 6) is 0.555. The number of fused-ring (bicyclic) bond motifs is 3. The summed E-state index contributed by atoms with van der Waals surface area (Å²) in [7, 11) is 0. The van der Waals surface area contributed by atoms with E-state index in [-0.39, 0.29) is 17.5 Å². The number of carbonyl (C=O) groups is 1. The van der Waals surface area contributed by atoms with E-state index in [1.807, 2.05) is 19.1 Å². The number of Topliss-reactive ketones (excluding diaryl/α,β-unsaturated/α-hetero) is 1. The van der Waals surface area contributed by atoms with Gasteiger partial charge in [0.1, 0.15) is 11.6 Å². The minimum atomic E-state index is -0.287. The van der Waals surface area contributed by atoms with Crippen molar-refractivity contribution in [3.8, 4) is 11.1 Å². The van der Waals surface area contributed by atoms with Crippen molar-refractivity contribution in [2.75, 3.05) is 0 Å². The van der Waals surface area contributed by atoms with Crippen LogP contribution in [0.15, 0.2) is 53.3 Å². The van der Waals surface area contributed by atoms with E-state index in [1.165, 1.54) is 12.1 Å². The van der Waals surface area contributed by atoms with Crippen LogP contribution in [0.2, 0.25) is 0 Å². The summed E-state index contributed by atoms with van der Waals surface area (Å²) in [6, 6.07) is 10.0. The number of hydrogen-bond acceptors (Lipinski definition) is 4. The molecule has 1 aliphatic carbocycles. The summed E-state index contributed by atoms with van der Waals surface area (Å²) in [4.78, 5) is 17.2. The van der Waals surface area contributed by atoms with Gasteiger partial charge in [-0.1, -0.05) is 12.1 Å². The second-order valence-electron chi connectivity index (χ2n) is 6.87. The quantitative estimate of drug-likeness (QED) is 0.533. The summed E-state index contributed by atoms with van der Waals surface area (Å²) >= 11 is 0. The van der Waals surface area contributed by atoms with Crippen LogP contribution in [0.3, 0.4) is 0 Å². The molecule has 1 atom stereocenters. The molecule has 0 fully saturated rings. The third-order valence-electron chi connectivity index (χ3n) is 5.17. The number of rotatable bonds is 2. The number of nitrogens with zero attached hydrogens (tertiary/aromatic N) is 3. The summed E-state index contributed by atoms with van der Waals surface area (Å²) < 4.78 is 20.6. The van der Waals surface area contributed by atoms with Gasteiger partial charge in [-0.15, -0.1) is 0 Å². The Kier molecular flexibility index (Phi) is 3.47. The second kappa shape index (κ2) is 5.87. The zero-order chi connectivity index (χ0) is 18.5. The second-order valence-corrected chi connectivity index (χ2v) is 6.87. The molecule has 5 rings (SSSR count). The molecule has 3 aromatic heterocycles. The van der Waals surface area contributed by atoms with Gasteiger partial charge in [-0.2, -0.15) is 5.10 Å². The maximum Gasteiger partial charge on any atom is 0.167 e. The van der Waals surface area contributed by atoms with Crippen LogP contribution in [0.1, 0.15) is 39.8 Å². The minimum Gasteiger partial charge on any atom is -0.469 e. The normalized spacial score (nSPS) is 16.7. The number of halogens is 1. The molecular formula is C21H16FN3O2. The van der Waals surface area contributed by atoms with Gasteiger partial charge >= 0.3 is 0 Å². The fourth-order valence-electron chi connectivity index (χ4n) is 3.88. The highest BCUT2D eigenvalue weighted by Crippen LogP contribution is 2.35. The van der Waals surface area contributed by atoms with Gasteiger partial charge in [0.05, 0.1) is 23.2 Å². The highest BCUT2D eigenvalue weighted by molar-refractivity contribution is 5.99. The lowest BCUT2D eigenvalue weighted by molar-refractivity contribution is 0.0958. The van der Waals surface area contributed by atoms with Crippen LogP contribution in [0.25, 0.3) is 16.8 Å². The molecule has 0 radical (unpaired) electrons. The van der Waals surface area contributed by atoms with Crippen LogP contribution in [0, 0.1) is 12.7 Å². The first-order valence-electron chi connectivity index (χ1n) is 8.81. The number of furan rings is 1. The van der Waals surface area contributed by atoms with Crippen molar-refractivity contribution in [1.29, 1.82) is 0 Å². The molecule has 3 heterocycles. The zero-order valence-corrected chi connectivity index (χ0v) is 14.6. The molecule has 0 aliphatic heterocycles. The first kappa shape index (κ1) is 15.9. The van der Waals surface area contributed by atoms with Gasteiger partial charge in [-0.05, 0) is 36.8 Å². The van der Waals surface area contributed by atoms with E-state index < -0.39 is 0 Å². The van der Waals surface area contributed by atoms with E-state index in [4.69, 9.17) is 4.42 Å². The molecule has 1 aliphatic rings. The number of benzene rings is 1. The van der Waals surface area contributed by atoms with Gasteiger partial charge in [-0.3, -0.25) is 4.79 Å². The fraction of sp³-hybridized carbons (Fsp3) is 0.190. The molecule has 0 saturated heterocycles. The molecular weight excluding hydrogens is 345 g/mol. The number of aryl methyl sites for hydroxylation is 1. The van der Waals surface area contributed by atoms with Crippen molar-refractivity contribution in [3.63, 3.8) is 0 Å². The van der Waals surface area contributed by atoms with Crippen molar-refractivity contribution >= 4 is 11.4 Å². The highest BCUT2D eigenvalue weighted by atomic mass is 19.1. The van der Waals surface area contributed by atoms with Crippen molar-refractivity contribution in [2.45, 2.75) is 25.7 Å². The Bertz CT molecular complexity index is 1160. The minimum absolute atomic E-state index is 0.00984. The van der Waals surface area contributed by atoms with Gasteiger partial charge in [0.25, 0.3) is 0 Å². The first-order valence-corrected chi connectivity index (χ1v) is 8.81. The molecule has 4 aromatic rings. The van der Waals surface area contributed by atoms with Gasteiger partial charge in [0.2, 0.25) is 0 Å². The molecule has 0 amide bonds. The van der Waals surface area contributed by atoms with Crippen LogP contribution >= 0.6 is 0 Å². The van der Waals surface area contributed by atoms with E-state index in [0.717, 1.165) is 28.3 Å². The maximum absolute atomic E-state index is 13.3. The topological polar surface area (TPSA) is 60.4 Å². The molecule has 0 N–H and O–H groups in total. The van der Waals surface area contributed by atoms with Crippen LogP contribution < -0.4 is 0 Å². The number of hydrogen-bond donors (Lipinski definition) is 0. The van der Waals surface area contributed by atoms with E-state index in [2.05, 4.69) is 10.1 Å². The molecule has 0 saturated carbocycles. The van der Waals surface area contributed by atoms with E-state index >= 15 is 0 Å². The predicted octanol–water partition coefficient (Wildman–Crippen LogP) is 4.35. The molecule has 134 valence electrons. The first-order chi connectivity index (χ1) is 13.1. The maximum atomic E-state index is 13.3. The van der Waals surface area contributed by atoms with Gasteiger partial charge in [-0.25, -0.2) is 13.9 Å². The average molecular weight is 361 g/mol. The summed E-state index contributed by atoms with van der Waals surface area (Å²) in [6.45, 7) is 1.90. The lowest BCUT2D eigenvalue weighted by Gasteiger charge is -2.22. The van der Waals surface area contributed by atoms with Crippen LogP contribution in [0.5, 0.6) is 0 Å². The average Bonchev–Trinajstić information content (AvgIpc) is 3.30. The van der Waals surface area contributed by atoms with E-state index in [0.29, 0.717) is 24.1 Å². The van der Waals surface area contributed by atoms with E-state index in [9.17, 15) is 9.18 Å². The zero-order valence-electron chi connectivity index (χ0n) is 14.6. The Labute approximate surface area is 154 Å². The van der Waals surface area contributed by atoms with Crippen molar-refractivity contribution < 1.29 is 13.6 Å². The Hall–Kier alpha value is -3.28. The van der Waals surface area contributed by atoms with Crippen LogP contribution in [-0.4, -0.2) is 20.4 Å². The van der Waals surface area contributed by atoms with Crippen LogP contribution in [0.4, 0.5) is 4.39 Å². The third-order valence-corrected chi connectivity index (χ3v) is 5.17. The highest BCUT2D eigenvalue weighted by Gasteiger charge is 2.31. The number of aromatic nitrogens is 3. The Morgan fingerprint density at radius 3 is 2.74 bits per heavy atom. The van der Waals surface area contributed by atoms with Gasteiger partial charge < -0.3 is 4.42 Å². The molecule has 0 bridgehead atoms. The van der Waals surface area contributed by atoms with Gasteiger partial charge in [0, 0.05) is 30.5 Å². The standard InChI is InChI=1S/C21H16FN3O2/c1-12-20(13-4-6-15(22)7-5-13)21-23-11-16-17(25(21)24-12)9-14(10-18(16)26)19-3-2-8-27-19/h2-8,11,14H,9-10H2,1H3. The number of ketones is 1. The monoisotopic (exact) mass is 361 g/mol. The molecule has 6 heteroatoms. The Balaban J connectivity index is 1.69. The largest absolute Gasteiger partial charge is 0.469 e. The summed E-state index contributed by atoms with van der Waals surface area (Å²) in [6.07, 6.45) is 4.32. The van der Waals surface area contributed by atoms with Crippen LogP contribution in [-0.2, 0) is 6.42 Å². The Morgan fingerprint density at radius 1 is 1.19 bits per heavy atom. The SMILES string of the molecule is Cc1nn2c3c(cnc2c1-c1ccc(F)cc1)C(=O)CC(c1ccco1)C3. The third kappa shape index (κ3) is 2.48. The molecule has 5 nitrogen and oxygen atoms in total. The Morgan fingerprint density at radius 2 is 2.00 bits per heavy atom.